The van der Waals surface area contributed by atoms with Crippen molar-refractivity contribution in [2.75, 3.05) is 6.54 Å². The van der Waals surface area contributed by atoms with E-state index in [1.54, 1.807) is 18.7 Å². The maximum atomic E-state index is 14.0. The van der Waals surface area contributed by atoms with E-state index in [0.717, 1.165) is 47.2 Å². The first-order chi connectivity index (χ1) is 18.3. The minimum atomic E-state index is -0.0262. The summed E-state index contributed by atoms with van der Waals surface area (Å²) in [5, 5.41) is 0. The summed E-state index contributed by atoms with van der Waals surface area (Å²) >= 11 is 0. The maximum absolute atomic E-state index is 14.0. The van der Waals surface area contributed by atoms with Crippen LogP contribution in [-0.4, -0.2) is 48.3 Å². The van der Waals surface area contributed by atoms with Crippen molar-refractivity contribution in [2.24, 2.45) is 11.3 Å². The third-order valence-electron chi connectivity index (χ3n) is 8.69. The van der Waals surface area contributed by atoms with Gasteiger partial charge >= 0.3 is 0 Å². The Bertz CT molecular complexity index is 1700. The van der Waals surface area contributed by atoms with Gasteiger partial charge < -0.3 is 14.3 Å². The number of carbonyl (C=O) groups excluding carboxylic acids is 1. The number of imidazole rings is 1. The highest BCUT2D eigenvalue weighted by Gasteiger charge is 2.47. The Morgan fingerprint density at radius 1 is 1.11 bits per heavy atom. The average molecular weight is 507 g/mol. The molecule has 38 heavy (non-hydrogen) atoms. The Balaban J connectivity index is 1.29. The molecular weight excluding hydrogens is 476 g/mol. The van der Waals surface area contributed by atoms with Crippen LogP contribution in [0.1, 0.15) is 60.3 Å². The zero-order chi connectivity index (χ0) is 26.2. The van der Waals surface area contributed by atoms with Gasteiger partial charge in [-0.3, -0.25) is 9.78 Å². The van der Waals surface area contributed by atoms with Crippen molar-refractivity contribution in [3.05, 3.63) is 71.4 Å². The van der Waals surface area contributed by atoms with Gasteiger partial charge in [0.1, 0.15) is 11.2 Å². The summed E-state index contributed by atoms with van der Waals surface area (Å²) in [4.78, 5) is 37.1. The first kappa shape index (κ1) is 23.1. The van der Waals surface area contributed by atoms with E-state index in [0.29, 0.717) is 23.1 Å². The fourth-order valence-electron chi connectivity index (χ4n) is 6.57. The Morgan fingerprint density at radius 3 is 2.79 bits per heavy atom. The molecule has 0 spiro atoms. The van der Waals surface area contributed by atoms with Crippen LogP contribution >= 0.6 is 0 Å². The molecule has 2 aromatic carbocycles. The second kappa shape index (κ2) is 8.21. The van der Waals surface area contributed by atoms with E-state index in [2.05, 4.69) is 57.7 Å². The van der Waals surface area contributed by atoms with Crippen LogP contribution in [0.15, 0.2) is 53.5 Å². The lowest BCUT2D eigenvalue weighted by Gasteiger charge is -2.53. The molecule has 8 rings (SSSR count). The van der Waals surface area contributed by atoms with Crippen LogP contribution in [-0.2, 0) is 6.42 Å². The SMILES string of the molecule is Cc1cnc(-c2nc3cc4c(cc3o2)C[C@H]2N(C(=O)c3ccc5nc[nH]c5c3)CC(CC2(C)C)C4C)cn1. The molecule has 8 nitrogen and oxygen atoms in total. The van der Waals surface area contributed by atoms with E-state index in [4.69, 9.17) is 9.40 Å². The first-order valence-corrected chi connectivity index (χ1v) is 13.2. The second-order valence-electron chi connectivity index (χ2n) is 11.6. The molecule has 1 amide bonds. The number of aryl methyl sites for hydroxylation is 1. The number of fused-ring (bicyclic) bond motifs is 4. The molecule has 3 aliphatic rings. The lowest BCUT2D eigenvalue weighted by atomic mass is 9.63. The Hall–Kier alpha value is -4.07. The smallest absolute Gasteiger partial charge is 0.254 e. The molecule has 0 radical (unpaired) electrons. The molecule has 1 N–H and O–H groups in total. The zero-order valence-electron chi connectivity index (χ0n) is 22.0. The second-order valence-corrected chi connectivity index (χ2v) is 11.6. The fraction of sp³-hybridized carbons (Fsp3) is 0.367. The zero-order valence-corrected chi connectivity index (χ0v) is 22.0. The van der Waals surface area contributed by atoms with Crippen LogP contribution in [0.2, 0.25) is 0 Å². The van der Waals surface area contributed by atoms with Gasteiger partial charge in [-0.1, -0.05) is 20.8 Å². The van der Waals surface area contributed by atoms with Crippen molar-refractivity contribution in [1.82, 2.24) is 29.8 Å². The van der Waals surface area contributed by atoms with E-state index in [9.17, 15) is 4.79 Å². The number of oxazole rings is 1. The number of H-pyrrole nitrogens is 1. The van der Waals surface area contributed by atoms with Crippen molar-refractivity contribution in [3.63, 3.8) is 0 Å². The van der Waals surface area contributed by atoms with Gasteiger partial charge in [-0.15, -0.1) is 0 Å². The molecule has 192 valence electrons. The summed E-state index contributed by atoms with van der Waals surface area (Å²) in [5.74, 6) is 1.18. The highest BCUT2D eigenvalue weighted by Crippen LogP contribution is 2.48. The summed E-state index contributed by atoms with van der Waals surface area (Å²) in [7, 11) is 0. The predicted molar refractivity (Wildman–Crippen MR) is 145 cm³/mol. The summed E-state index contributed by atoms with van der Waals surface area (Å²) in [6.07, 6.45) is 6.93. The van der Waals surface area contributed by atoms with Gasteiger partial charge in [0, 0.05) is 24.3 Å². The minimum absolute atomic E-state index is 0.0262. The van der Waals surface area contributed by atoms with E-state index in [1.165, 1.54) is 11.1 Å². The summed E-state index contributed by atoms with van der Waals surface area (Å²) < 4.78 is 6.17. The Labute approximate surface area is 220 Å². The van der Waals surface area contributed by atoms with E-state index < -0.39 is 0 Å². The van der Waals surface area contributed by atoms with Crippen molar-refractivity contribution >= 4 is 28.0 Å². The number of hydrogen-bond acceptors (Lipinski definition) is 6. The Morgan fingerprint density at radius 2 is 1.97 bits per heavy atom. The van der Waals surface area contributed by atoms with Gasteiger partial charge in [0.25, 0.3) is 5.91 Å². The van der Waals surface area contributed by atoms with Gasteiger partial charge in [-0.25, -0.2) is 15.0 Å². The van der Waals surface area contributed by atoms with Crippen LogP contribution in [0.4, 0.5) is 0 Å². The quantitative estimate of drug-likeness (QED) is 0.330. The molecule has 3 aromatic heterocycles. The van der Waals surface area contributed by atoms with Crippen LogP contribution < -0.4 is 0 Å². The summed E-state index contributed by atoms with van der Waals surface area (Å²) in [6, 6.07) is 10.1. The van der Waals surface area contributed by atoms with E-state index in [-0.39, 0.29) is 23.3 Å². The summed E-state index contributed by atoms with van der Waals surface area (Å²) in [5.41, 5.74) is 8.01. The number of nitrogens with one attached hydrogen (secondary N) is 1. The van der Waals surface area contributed by atoms with Crippen LogP contribution in [0.25, 0.3) is 33.7 Å². The predicted octanol–water partition coefficient (Wildman–Crippen LogP) is 5.69. The number of rotatable bonds is 2. The highest BCUT2D eigenvalue weighted by atomic mass is 16.3. The van der Waals surface area contributed by atoms with Gasteiger partial charge in [-0.2, -0.15) is 0 Å². The number of aromatic amines is 1. The molecule has 2 bridgehead atoms. The van der Waals surface area contributed by atoms with Gasteiger partial charge in [0.05, 0.1) is 29.3 Å². The number of aromatic nitrogens is 5. The van der Waals surface area contributed by atoms with Crippen molar-refractivity contribution < 1.29 is 9.21 Å². The molecule has 2 unspecified atom stereocenters. The molecule has 1 saturated heterocycles. The lowest BCUT2D eigenvalue weighted by Crippen LogP contribution is -2.58. The maximum Gasteiger partial charge on any atom is 0.254 e. The number of carbonyl (C=O) groups is 1. The molecule has 1 fully saturated rings. The molecule has 8 heteroatoms. The average Bonchev–Trinajstić information content (AvgIpc) is 3.54. The molecule has 1 aliphatic carbocycles. The first-order valence-electron chi connectivity index (χ1n) is 13.2. The third kappa shape index (κ3) is 3.61. The summed E-state index contributed by atoms with van der Waals surface area (Å²) in [6.45, 7) is 9.56. The van der Waals surface area contributed by atoms with Crippen molar-refractivity contribution in [1.29, 1.82) is 0 Å². The van der Waals surface area contributed by atoms with E-state index >= 15 is 0 Å². The van der Waals surface area contributed by atoms with Gasteiger partial charge in [0.2, 0.25) is 5.89 Å². The number of hydrogen-bond donors (Lipinski definition) is 1. The third-order valence-corrected chi connectivity index (χ3v) is 8.69. The van der Waals surface area contributed by atoms with Crippen molar-refractivity contribution in [3.8, 4) is 11.6 Å². The topological polar surface area (TPSA) is 101 Å². The molecule has 2 aliphatic heterocycles. The lowest BCUT2D eigenvalue weighted by molar-refractivity contribution is -0.000810. The fourth-order valence-corrected chi connectivity index (χ4v) is 6.57. The molecule has 5 aromatic rings. The van der Waals surface area contributed by atoms with Crippen LogP contribution in [0, 0.1) is 18.3 Å². The number of piperidine rings is 1. The van der Waals surface area contributed by atoms with Gasteiger partial charge in [-0.05, 0) is 78.5 Å². The highest BCUT2D eigenvalue weighted by molar-refractivity contribution is 5.97. The van der Waals surface area contributed by atoms with E-state index in [1.807, 2.05) is 25.1 Å². The molecule has 3 atom stereocenters. The minimum Gasteiger partial charge on any atom is -0.435 e. The molecular formula is C30H30N6O2. The number of amides is 1. The molecule has 0 saturated carbocycles. The van der Waals surface area contributed by atoms with Crippen LogP contribution in [0.3, 0.4) is 0 Å². The van der Waals surface area contributed by atoms with Crippen molar-refractivity contribution in [2.45, 2.75) is 52.5 Å². The number of benzene rings is 2. The standard InChI is InChI=1S/C30H30N6O2/c1-16-12-32-25(13-31-16)28-35-24-10-21-17(2)20-11-30(3,4)27(9-19(21)8-26(24)38-28)36(14-20)29(37)18-5-6-22-23(7-18)34-15-33-22/h5-8,10,12-13,15,17,20,27H,9,11,14H2,1-4H3,(H,33,34)/t17?,20?,27-/m1/s1. The largest absolute Gasteiger partial charge is 0.435 e. The van der Waals surface area contributed by atoms with Gasteiger partial charge in [0.15, 0.2) is 5.58 Å². The Kier molecular flexibility index (Phi) is 4.99. The molecule has 5 heterocycles. The monoisotopic (exact) mass is 506 g/mol. The van der Waals surface area contributed by atoms with Crippen LogP contribution in [0.5, 0.6) is 0 Å². The number of nitrogens with zero attached hydrogens (tertiary/aromatic N) is 5. The normalized spacial score (nSPS) is 22.4.